The van der Waals surface area contributed by atoms with Crippen molar-refractivity contribution < 1.29 is 18.7 Å². The second kappa shape index (κ2) is 9.60. The Labute approximate surface area is 185 Å². The first-order valence-corrected chi connectivity index (χ1v) is 10.5. The van der Waals surface area contributed by atoms with Crippen LogP contribution in [0.1, 0.15) is 34.8 Å². The van der Waals surface area contributed by atoms with Crippen LogP contribution in [0.15, 0.2) is 66.7 Å². The van der Waals surface area contributed by atoms with Crippen molar-refractivity contribution in [2.24, 2.45) is 5.73 Å². The quantitative estimate of drug-likeness (QED) is 0.641. The Morgan fingerprint density at radius 1 is 1.09 bits per heavy atom. The molecule has 0 spiro atoms. The lowest BCUT2D eigenvalue weighted by molar-refractivity contribution is -0.134. The van der Waals surface area contributed by atoms with Crippen LogP contribution in [0.2, 0.25) is 0 Å². The van der Waals surface area contributed by atoms with Crippen LogP contribution in [0, 0.1) is 5.82 Å². The van der Waals surface area contributed by atoms with E-state index in [1.165, 1.54) is 24.3 Å². The summed E-state index contributed by atoms with van der Waals surface area (Å²) in [6, 6.07) is 18.5. The molecule has 1 aliphatic heterocycles. The number of hydrogen-bond donors (Lipinski definition) is 1. The third-order valence-electron chi connectivity index (χ3n) is 5.58. The molecule has 32 heavy (non-hydrogen) atoms. The summed E-state index contributed by atoms with van der Waals surface area (Å²) in [5, 5.41) is 0. The average molecular weight is 433 g/mol. The SMILES string of the molecule is NC(=O)c1cccc(-c2cccc([C@@H]3CCCN(C(=O)COc4ccc(F)cc4)C3)n2)c1. The topological polar surface area (TPSA) is 85.5 Å². The first kappa shape index (κ1) is 21.5. The fourth-order valence-corrected chi connectivity index (χ4v) is 3.88. The van der Waals surface area contributed by atoms with E-state index in [2.05, 4.69) is 0 Å². The largest absolute Gasteiger partial charge is 0.484 e. The lowest BCUT2D eigenvalue weighted by Crippen LogP contribution is -2.41. The van der Waals surface area contributed by atoms with Gasteiger partial charge < -0.3 is 15.4 Å². The van der Waals surface area contributed by atoms with Crippen molar-refractivity contribution in [2.45, 2.75) is 18.8 Å². The van der Waals surface area contributed by atoms with Gasteiger partial charge in [0.1, 0.15) is 11.6 Å². The Kier molecular flexibility index (Phi) is 6.44. The van der Waals surface area contributed by atoms with Crippen molar-refractivity contribution in [3.05, 3.63) is 83.8 Å². The Bertz CT molecular complexity index is 1120. The number of pyridine rings is 1. The maximum absolute atomic E-state index is 13.0. The summed E-state index contributed by atoms with van der Waals surface area (Å²) in [6.45, 7) is 1.14. The van der Waals surface area contributed by atoms with Crippen molar-refractivity contribution in [1.82, 2.24) is 9.88 Å². The molecule has 2 N–H and O–H groups in total. The number of benzene rings is 2. The van der Waals surface area contributed by atoms with Gasteiger partial charge in [0.2, 0.25) is 5.91 Å². The number of piperidine rings is 1. The number of amides is 2. The molecule has 0 bridgehead atoms. The van der Waals surface area contributed by atoms with Crippen LogP contribution in [-0.2, 0) is 4.79 Å². The van der Waals surface area contributed by atoms with Crippen molar-refractivity contribution in [3.63, 3.8) is 0 Å². The van der Waals surface area contributed by atoms with Gasteiger partial charge in [0.25, 0.3) is 5.91 Å². The number of nitrogens with two attached hydrogens (primary N) is 1. The number of rotatable bonds is 6. The van der Waals surface area contributed by atoms with Gasteiger partial charge in [-0.05, 0) is 61.4 Å². The highest BCUT2D eigenvalue weighted by Gasteiger charge is 2.26. The fourth-order valence-electron chi connectivity index (χ4n) is 3.88. The molecule has 7 heteroatoms. The number of aromatic nitrogens is 1. The second-order valence-electron chi connectivity index (χ2n) is 7.81. The molecule has 1 fully saturated rings. The minimum Gasteiger partial charge on any atom is -0.484 e. The van der Waals surface area contributed by atoms with E-state index in [9.17, 15) is 14.0 Å². The van der Waals surface area contributed by atoms with Gasteiger partial charge >= 0.3 is 0 Å². The number of hydrogen-bond acceptors (Lipinski definition) is 4. The number of nitrogens with zero attached hydrogens (tertiary/aromatic N) is 2. The number of ether oxygens (including phenoxy) is 1. The van der Waals surface area contributed by atoms with Crippen molar-refractivity contribution in [1.29, 1.82) is 0 Å². The highest BCUT2D eigenvalue weighted by molar-refractivity contribution is 5.94. The molecule has 1 aliphatic rings. The van der Waals surface area contributed by atoms with Crippen molar-refractivity contribution in [3.8, 4) is 17.0 Å². The summed E-state index contributed by atoms with van der Waals surface area (Å²) in [4.78, 5) is 30.8. The zero-order valence-corrected chi connectivity index (χ0v) is 17.5. The van der Waals surface area contributed by atoms with E-state index in [4.69, 9.17) is 15.5 Å². The number of carbonyl (C=O) groups is 2. The normalized spacial score (nSPS) is 15.9. The van der Waals surface area contributed by atoms with Gasteiger partial charge in [-0.15, -0.1) is 0 Å². The summed E-state index contributed by atoms with van der Waals surface area (Å²) < 4.78 is 18.5. The monoisotopic (exact) mass is 433 g/mol. The van der Waals surface area contributed by atoms with Gasteiger partial charge in [-0.3, -0.25) is 14.6 Å². The van der Waals surface area contributed by atoms with Crippen LogP contribution in [0.4, 0.5) is 4.39 Å². The second-order valence-corrected chi connectivity index (χ2v) is 7.81. The molecule has 4 rings (SSSR count). The minimum absolute atomic E-state index is 0.0915. The summed E-state index contributed by atoms with van der Waals surface area (Å²) in [5.74, 6) is -0.367. The lowest BCUT2D eigenvalue weighted by atomic mass is 9.93. The van der Waals surface area contributed by atoms with E-state index in [1.807, 2.05) is 24.3 Å². The zero-order chi connectivity index (χ0) is 22.5. The first-order chi connectivity index (χ1) is 15.5. The van der Waals surface area contributed by atoms with Crippen LogP contribution in [0.5, 0.6) is 5.75 Å². The Morgan fingerprint density at radius 2 is 1.88 bits per heavy atom. The third kappa shape index (κ3) is 5.11. The van der Waals surface area contributed by atoms with Gasteiger partial charge in [-0.25, -0.2) is 4.39 Å². The molecule has 0 unspecified atom stereocenters. The van der Waals surface area contributed by atoms with Gasteiger partial charge in [0.05, 0.1) is 5.69 Å². The number of likely N-dealkylation sites (tertiary alicyclic amines) is 1. The number of primary amides is 1. The molecule has 1 saturated heterocycles. The zero-order valence-electron chi connectivity index (χ0n) is 17.5. The van der Waals surface area contributed by atoms with Gasteiger partial charge in [0, 0.05) is 35.8 Å². The summed E-state index contributed by atoms with van der Waals surface area (Å²) >= 11 is 0. The smallest absolute Gasteiger partial charge is 0.260 e. The highest BCUT2D eigenvalue weighted by atomic mass is 19.1. The highest BCUT2D eigenvalue weighted by Crippen LogP contribution is 2.28. The van der Waals surface area contributed by atoms with Crippen LogP contribution in [-0.4, -0.2) is 41.4 Å². The van der Waals surface area contributed by atoms with E-state index in [0.717, 1.165) is 29.8 Å². The van der Waals surface area contributed by atoms with Crippen molar-refractivity contribution in [2.75, 3.05) is 19.7 Å². The molecular formula is C25H24FN3O3. The van der Waals surface area contributed by atoms with Gasteiger partial charge in [-0.1, -0.05) is 18.2 Å². The Morgan fingerprint density at radius 3 is 2.66 bits per heavy atom. The summed E-state index contributed by atoms with van der Waals surface area (Å²) in [5.41, 5.74) is 8.31. The van der Waals surface area contributed by atoms with Crippen LogP contribution >= 0.6 is 0 Å². The maximum atomic E-state index is 13.0. The first-order valence-electron chi connectivity index (χ1n) is 10.5. The van der Waals surface area contributed by atoms with E-state index in [1.54, 1.807) is 23.1 Å². The molecule has 164 valence electrons. The van der Waals surface area contributed by atoms with Crippen LogP contribution in [0.25, 0.3) is 11.3 Å². The van der Waals surface area contributed by atoms with E-state index < -0.39 is 5.91 Å². The fraction of sp³-hybridized carbons (Fsp3) is 0.240. The van der Waals surface area contributed by atoms with E-state index in [0.29, 0.717) is 24.4 Å². The number of halogens is 1. The molecule has 0 saturated carbocycles. The molecule has 2 aromatic carbocycles. The van der Waals surface area contributed by atoms with Crippen molar-refractivity contribution >= 4 is 11.8 Å². The van der Waals surface area contributed by atoms with Gasteiger partial charge in [-0.2, -0.15) is 0 Å². The molecule has 2 amide bonds. The number of carbonyl (C=O) groups excluding carboxylic acids is 2. The minimum atomic E-state index is -0.479. The third-order valence-corrected chi connectivity index (χ3v) is 5.58. The Hall–Kier alpha value is -3.74. The molecule has 6 nitrogen and oxygen atoms in total. The average Bonchev–Trinajstić information content (AvgIpc) is 2.84. The summed E-state index contributed by atoms with van der Waals surface area (Å²) in [7, 11) is 0. The predicted molar refractivity (Wildman–Crippen MR) is 119 cm³/mol. The van der Waals surface area contributed by atoms with E-state index in [-0.39, 0.29) is 24.2 Å². The lowest BCUT2D eigenvalue weighted by Gasteiger charge is -2.32. The standard InChI is InChI=1S/C25H24FN3O3/c26-20-9-11-21(12-10-20)32-16-24(30)29-13-3-6-19(15-29)23-8-2-7-22(28-23)17-4-1-5-18(14-17)25(27)31/h1-2,4-5,7-12,14,19H,3,6,13,15-16H2,(H2,27,31)/t19-/m1/s1. The molecule has 2 heterocycles. The molecular weight excluding hydrogens is 409 g/mol. The predicted octanol–water partition coefficient (Wildman–Crippen LogP) is 3.77. The molecule has 1 aromatic heterocycles. The van der Waals surface area contributed by atoms with Crippen LogP contribution in [0.3, 0.4) is 0 Å². The van der Waals surface area contributed by atoms with Crippen LogP contribution < -0.4 is 10.5 Å². The molecule has 0 aliphatic carbocycles. The maximum Gasteiger partial charge on any atom is 0.260 e. The van der Waals surface area contributed by atoms with E-state index >= 15 is 0 Å². The molecule has 0 radical (unpaired) electrons. The summed E-state index contributed by atoms with van der Waals surface area (Å²) in [6.07, 6.45) is 1.80. The van der Waals surface area contributed by atoms with Gasteiger partial charge in [0.15, 0.2) is 6.61 Å². The molecule has 1 atom stereocenters. The molecule has 3 aromatic rings. The Balaban J connectivity index is 1.43.